The van der Waals surface area contributed by atoms with E-state index in [0.717, 1.165) is 5.56 Å². The van der Waals surface area contributed by atoms with E-state index in [4.69, 9.17) is 22.1 Å². The third-order valence-corrected chi connectivity index (χ3v) is 3.44. The van der Waals surface area contributed by atoms with Gasteiger partial charge in [-0.3, -0.25) is 4.79 Å². The highest BCUT2D eigenvalue weighted by molar-refractivity contribution is 6.30. The predicted octanol–water partition coefficient (Wildman–Crippen LogP) is 2.22. The van der Waals surface area contributed by atoms with E-state index in [9.17, 15) is 4.79 Å². The van der Waals surface area contributed by atoms with Crippen molar-refractivity contribution in [3.63, 3.8) is 0 Å². The number of nitrogens with zero attached hydrogens (tertiary/aromatic N) is 1. The van der Waals surface area contributed by atoms with Crippen LogP contribution in [0.5, 0.6) is 0 Å². The minimum absolute atomic E-state index is 0.0696. The van der Waals surface area contributed by atoms with Gasteiger partial charge in [-0.05, 0) is 31.0 Å². The van der Waals surface area contributed by atoms with Gasteiger partial charge in [0, 0.05) is 25.8 Å². The van der Waals surface area contributed by atoms with Gasteiger partial charge in [-0.15, -0.1) is 0 Å². The van der Waals surface area contributed by atoms with Crippen molar-refractivity contribution >= 4 is 17.5 Å². The average molecular weight is 285 g/mol. The number of rotatable bonds is 6. The molecule has 106 valence electrons. The Kier molecular flexibility index (Phi) is 6.28. The van der Waals surface area contributed by atoms with Crippen LogP contribution in [-0.2, 0) is 9.53 Å². The molecule has 0 heterocycles. The van der Waals surface area contributed by atoms with Crippen molar-refractivity contribution in [1.29, 1.82) is 0 Å². The van der Waals surface area contributed by atoms with Crippen molar-refractivity contribution in [2.75, 3.05) is 20.8 Å². The summed E-state index contributed by atoms with van der Waals surface area (Å²) in [6, 6.07) is 6.88. The summed E-state index contributed by atoms with van der Waals surface area (Å²) >= 11 is 5.96. The number of ether oxygens (including phenoxy) is 1. The van der Waals surface area contributed by atoms with Crippen LogP contribution in [0.2, 0.25) is 5.02 Å². The van der Waals surface area contributed by atoms with Gasteiger partial charge in [-0.2, -0.15) is 0 Å². The van der Waals surface area contributed by atoms with E-state index < -0.39 is 6.04 Å². The predicted molar refractivity (Wildman–Crippen MR) is 77.1 cm³/mol. The van der Waals surface area contributed by atoms with Crippen molar-refractivity contribution in [2.24, 2.45) is 5.73 Å². The molecule has 0 aliphatic heterocycles. The SMILES string of the molecule is COCCC(N)C(=O)N(C)C(C)c1cccc(Cl)c1. The van der Waals surface area contributed by atoms with Crippen LogP contribution in [0.25, 0.3) is 0 Å². The minimum atomic E-state index is -0.536. The maximum Gasteiger partial charge on any atom is 0.239 e. The molecule has 0 bridgehead atoms. The molecule has 1 aromatic rings. The van der Waals surface area contributed by atoms with Crippen molar-refractivity contribution in [1.82, 2.24) is 4.90 Å². The number of amides is 1. The number of halogens is 1. The fraction of sp³-hybridized carbons (Fsp3) is 0.500. The Morgan fingerprint density at radius 1 is 1.53 bits per heavy atom. The zero-order valence-corrected chi connectivity index (χ0v) is 12.4. The number of carbonyl (C=O) groups excluding carboxylic acids is 1. The van der Waals surface area contributed by atoms with Crippen molar-refractivity contribution in [2.45, 2.75) is 25.4 Å². The van der Waals surface area contributed by atoms with E-state index in [0.29, 0.717) is 18.1 Å². The van der Waals surface area contributed by atoms with Crippen LogP contribution in [0.15, 0.2) is 24.3 Å². The Morgan fingerprint density at radius 3 is 2.79 bits per heavy atom. The van der Waals surface area contributed by atoms with Gasteiger partial charge in [-0.1, -0.05) is 23.7 Å². The molecule has 4 nitrogen and oxygen atoms in total. The summed E-state index contributed by atoms with van der Waals surface area (Å²) in [5.41, 5.74) is 6.84. The molecule has 0 saturated heterocycles. The van der Waals surface area contributed by atoms with Crippen LogP contribution in [0.1, 0.15) is 24.9 Å². The van der Waals surface area contributed by atoms with Gasteiger partial charge in [0.15, 0.2) is 0 Å². The van der Waals surface area contributed by atoms with E-state index in [1.54, 1.807) is 19.1 Å². The standard InChI is InChI=1S/C14H21ClN2O2/c1-10(11-5-4-6-12(15)9-11)17(2)14(18)13(16)7-8-19-3/h4-6,9-10,13H,7-8,16H2,1-3H3. The van der Waals surface area contributed by atoms with Gasteiger partial charge in [0.2, 0.25) is 5.91 Å². The molecule has 19 heavy (non-hydrogen) atoms. The van der Waals surface area contributed by atoms with E-state index in [1.807, 2.05) is 31.2 Å². The van der Waals surface area contributed by atoms with Crippen LogP contribution < -0.4 is 5.73 Å². The van der Waals surface area contributed by atoms with Gasteiger partial charge in [0.25, 0.3) is 0 Å². The molecule has 1 rings (SSSR count). The van der Waals surface area contributed by atoms with Crippen LogP contribution in [-0.4, -0.2) is 37.6 Å². The number of carbonyl (C=O) groups is 1. The fourth-order valence-electron chi connectivity index (χ4n) is 1.81. The number of methoxy groups -OCH3 is 1. The lowest BCUT2D eigenvalue weighted by Gasteiger charge is -2.28. The minimum Gasteiger partial charge on any atom is -0.385 e. The number of hydrogen-bond donors (Lipinski definition) is 1. The second-order valence-electron chi connectivity index (χ2n) is 4.57. The van der Waals surface area contributed by atoms with E-state index in [1.165, 1.54) is 0 Å². The maximum atomic E-state index is 12.2. The van der Waals surface area contributed by atoms with E-state index in [-0.39, 0.29) is 11.9 Å². The maximum absolute atomic E-state index is 12.2. The fourth-order valence-corrected chi connectivity index (χ4v) is 2.01. The highest BCUT2D eigenvalue weighted by Gasteiger charge is 2.22. The van der Waals surface area contributed by atoms with Crippen molar-refractivity contribution in [3.05, 3.63) is 34.9 Å². The second-order valence-corrected chi connectivity index (χ2v) is 5.00. The van der Waals surface area contributed by atoms with Crippen LogP contribution >= 0.6 is 11.6 Å². The monoisotopic (exact) mass is 284 g/mol. The first-order valence-electron chi connectivity index (χ1n) is 6.24. The third kappa shape index (κ3) is 4.49. The molecule has 0 aliphatic carbocycles. The third-order valence-electron chi connectivity index (χ3n) is 3.21. The molecule has 0 spiro atoms. The summed E-state index contributed by atoms with van der Waals surface area (Å²) in [6.07, 6.45) is 0.516. The molecule has 5 heteroatoms. The summed E-state index contributed by atoms with van der Waals surface area (Å²) in [5.74, 6) is -0.0930. The zero-order valence-electron chi connectivity index (χ0n) is 11.6. The lowest BCUT2D eigenvalue weighted by Crippen LogP contribution is -2.43. The molecule has 0 radical (unpaired) electrons. The lowest BCUT2D eigenvalue weighted by molar-refractivity contribution is -0.133. The first kappa shape index (κ1) is 16.0. The quantitative estimate of drug-likeness (QED) is 0.871. The second kappa shape index (κ2) is 7.48. The van der Waals surface area contributed by atoms with Crippen molar-refractivity contribution in [3.8, 4) is 0 Å². The van der Waals surface area contributed by atoms with Gasteiger partial charge >= 0.3 is 0 Å². The normalized spacial score (nSPS) is 13.9. The molecule has 2 N–H and O–H groups in total. The zero-order chi connectivity index (χ0) is 14.4. The van der Waals surface area contributed by atoms with Gasteiger partial charge < -0.3 is 15.4 Å². The molecule has 0 saturated carbocycles. The molecule has 2 unspecified atom stereocenters. The highest BCUT2D eigenvalue weighted by atomic mass is 35.5. The molecule has 0 fully saturated rings. The largest absolute Gasteiger partial charge is 0.385 e. The topological polar surface area (TPSA) is 55.6 Å². The average Bonchev–Trinajstić information content (AvgIpc) is 2.42. The summed E-state index contributed by atoms with van der Waals surface area (Å²) in [6.45, 7) is 2.43. The lowest BCUT2D eigenvalue weighted by atomic mass is 10.1. The Bertz CT molecular complexity index is 426. The molecule has 1 amide bonds. The molecule has 0 aromatic heterocycles. The summed E-state index contributed by atoms with van der Waals surface area (Å²) in [4.78, 5) is 13.8. The van der Waals surface area contributed by atoms with Crippen LogP contribution in [0, 0.1) is 0 Å². The molecule has 2 atom stereocenters. The van der Waals surface area contributed by atoms with E-state index >= 15 is 0 Å². The number of hydrogen-bond acceptors (Lipinski definition) is 3. The highest BCUT2D eigenvalue weighted by Crippen LogP contribution is 2.22. The van der Waals surface area contributed by atoms with E-state index in [2.05, 4.69) is 0 Å². The smallest absolute Gasteiger partial charge is 0.239 e. The number of nitrogens with two attached hydrogens (primary N) is 1. The first-order valence-corrected chi connectivity index (χ1v) is 6.61. The summed E-state index contributed by atoms with van der Waals surface area (Å²) in [5, 5.41) is 0.661. The molecule has 1 aromatic carbocycles. The summed E-state index contributed by atoms with van der Waals surface area (Å²) in [7, 11) is 3.34. The van der Waals surface area contributed by atoms with Gasteiger partial charge in [-0.25, -0.2) is 0 Å². The number of benzene rings is 1. The Hall–Kier alpha value is -1.10. The molecule has 0 aliphatic rings. The first-order chi connectivity index (χ1) is 8.97. The summed E-state index contributed by atoms with van der Waals surface area (Å²) < 4.78 is 4.94. The van der Waals surface area contributed by atoms with Gasteiger partial charge in [0.1, 0.15) is 0 Å². The molecular weight excluding hydrogens is 264 g/mol. The van der Waals surface area contributed by atoms with Crippen molar-refractivity contribution < 1.29 is 9.53 Å². The Morgan fingerprint density at radius 2 is 2.21 bits per heavy atom. The molecular formula is C14H21ClN2O2. The van der Waals surface area contributed by atoms with Crippen LogP contribution in [0.3, 0.4) is 0 Å². The van der Waals surface area contributed by atoms with Crippen LogP contribution in [0.4, 0.5) is 0 Å². The Balaban J connectivity index is 2.70. The van der Waals surface area contributed by atoms with Gasteiger partial charge in [0.05, 0.1) is 12.1 Å². The number of likely N-dealkylation sites (N-methyl/N-ethyl adjacent to an activating group) is 1. The Labute approximate surface area is 119 Å².